The van der Waals surface area contributed by atoms with Crippen LogP contribution in [0.2, 0.25) is 0 Å². The van der Waals surface area contributed by atoms with E-state index in [1.54, 1.807) is 19.2 Å². The highest BCUT2D eigenvalue weighted by atomic mass is 16.5. The van der Waals surface area contributed by atoms with Crippen molar-refractivity contribution in [2.45, 2.75) is 20.5 Å². The van der Waals surface area contributed by atoms with Crippen LogP contribution in [0, 0.1) is 5.92 Å². The highest BCUT2D eigenvalue weighted by molar-refractivity contribution is 5.91. The second-order valence-electron chi connectivity index (χ2n) is 5.31. The van der Waals surface area contributed by atoms with Crippen molar-refractivity contribution in [1.82, 2.24) is 5.32 Å². The molecule has 22 heavy (non-hydrogen) atoms. The van der Waals surface area contributed by atoms with E-state index in [1.807, 2.05) is 38.1 Å². The van der Waals surface area contributed by atoms with Crippen molar-refractivity contribution in [3.8, 4) is 11.5 Å². The Morgan fingerprint density at radius 3 is 2.59 bits per heavy atom. The Morgan fingerprint density at radius 1 is 1.18 bits per heavy atom. The number of hydrogen-bond acceptors (Lipinski definition) is 4. The molecule has 0 radical (unpaired) electrons. The zero-order valence-electron chi connectivity index (χ0n) is 13.1. The molecular weight excluding hydrogens is 282 g/mol. The van der Waals surface area contributed by atoms with Gasteiger partial charge in [0.05, 0.1) is 7.11 Å². The largest absolute Gasteiger partial charge is 0.493 e. The van der Waals surface area contributed by atoms with Gasteiger partial charge in [0.25, 0.3) is 5.91 Å². The summed E-state index contributed by atoms with van der Waals surface area (Å²) in [6.45, 7) is 4.92. The first-order valence-corrected chi connectivity index (χ1v) is 7.23. The lowest BCUT2D eigenvalue weighted by Gasteiger charge is -2.09. The molecule has 2 aromatic rings. The molecule has 2 rings (SSSR count). The number of amides is 1. The number of para-hydroxylation sites is 2. The highest BCUT2D eigenvalue weighted by Crippen LogP contribution is 2.26. The van der Waals surface area contributed by atoms with Crippen molar-refractivity contribution < 1.29 is 18.7 Å². The summed E-state index contributed by atoms with van der Waals surface area (Å²) in [5.41, 5.74) is 0. The Bertz CT molecular complexity index is 619. The lowest BCUT2D eigenvalue weighted by Crippen LogP contribution is -2.26. The third-order valence-electron chi connectivity index (χ3n) is 3.00. The molecule has 0 spiro atoms. The summed E-state index contributed by atoms with van der Waals surface area (Å²) < 4.78 is 16.4. The second-order valence-corrected chi connectivity index (χ2v) is 5.31. The molecule has 0 bridgehead atoms. The Balaban J connectivity index is 1.93. The predicted octanol–water partition coefficient (Wildman–Crippen LogP) is 3.25. The molecule has 0 saturated carbocycles. The molecule has 1 amide bonds. The number of furan rings is 1. The van der Waals surface area contributed by atoms with Crippen LogP contribution in [-0.4, -0.2) is 19.6 Å². The van der Waals surface area contributed by atoms with E-state index >= 15 is 0 Å². The molecule has 1 aromatic heterocycles. The fourth-order valence-electron chi connectivity index (χ4n) is 1.85. The molecule has 0 aliphatic rings. The van der Waals surface area contributed by atoms with Gasteiger partial charge in [-0.2, -0.15) is 0 Å². The van der Waals surface area contributed by atoms with Crippen LogP contribution in [-0.2, 0) is 6.61 Å². The minimum absolute atomic E-state index is 0.211. The summed E-state index contributed by atoms with van der Waals surface area (Å²) in [6.07, 6.45) is 0. The number of rotatable bonds is 7. The van der Waals surface area contributed by atoms with Gasteiger partial charge in [-0.15, -0.1) is 0 Å². The number of methoxy groups -OCH3 is 1. The molecule has 1 aromatic carbocycles. The van der Waals surface area contributed by atoms with Gasteiger partial charge in [-0.05, 0) is 30.2 Å². The Morgan fingerprint density at radius 2 is 1.91 bits per heavy atom. The topological polar surface area (TPSA) is 60.7 Å². The fraction of sp³-hybridized carbons (Fsp3) is 0.353. The van der Waals surface area contributed by atoms with Crippen LogP contribution in [0.25, 0.3) is 0 Å². The Hall–Kier alpha value is -2.43. The molecule has 0 saturated heterocycles. The van der Waals surface area contributed by atoms with Crippen LogP contribution in [0.5, 0.6) is 11.5 Å². The van der Waals surface area contributed by atoms with Crippen molar-refractivity contribution in [2.75, 3.05) is 13.7 Å². The molecule has 0 aliphatic heterocycles. The lowest BCUT2D eigenvalue weighted by atomic mass is 10.2. The normalized spacial score (nSPS) is 10.5. The van der Waals surface area contributed by atoms with Crippen LogP contribution in [0.3, 0.4) is 0 Å². The van der Waals surface area contributed by atoms with Crippen LogP contribution >= 0.6 is 0 Å². The quantitative estimate of drug-likeness (QED) is 0.853. The van der Waals surface area contributed by atoms with Gasteiger partial charge in [0.1, 0.15) is 12.4 Å². The smallest absolute Gasteiger partial charge is 0.287 e. The van der Waals surface area contributed by atoms with Gasteiger partial charge in [0.2, 0.25) is 0 Å². The maximum absolute atomic E-state index is 11.9. The first-order chi connectivity index (χ1) is 10.6. The molecule has 5 nitrogen and oxygen atoms in total. The van der Waals surface area contributed by atoms with E-state index in [0.29, 0.717) is 35.5 Å². The molecule has 0 atom stereocenters. The van der Waals surface area contributed by atoms with Gasteiger partial charge in [0, 0.05) is 6.54 Å². The SMILES string of the molecule is COc1ccccc1OCc1ccc(C(=O)NCC(C)C)o1. The zero-order valence-corrected chi connectivity index (χ0v) is 13.1. The molecule has 118 valence electrons. The van der Waals surface area contributed by atoms with Crippen molar-refractivity contribution in [3.63, 3.8) is 0 Å². The molecule has 1 N–H and O–H groups in total. The number of ether oxygens (including phenoxy) is 2. The maximum Gasteiger partial charge on any atom is 0.287 e. The predicted molar refractivity (Wildman–Crippen MR) is 83.2 cm³/mol. The van der Waals surface area contributed by atoms with Crippen molar-refractivity contribution >= 4 is 5.91 Å². The summed E-state index contributed by atoms with van der Waals surface area (Å²) >= 11 is 0. The third kappa shape index (κ3) is 4.28. The molecular formula is C17H21NO4. The first kappa shape index (κ1) is 15.9. The number of carbonyl (C=O) groups is 1. The summed E-state index contributed by atoms with van der Waals surface area (Å²) in [4.78, 5) is 11.9. The Labute approximate surface area is 130 Å². The van der Waals surface area contributed by atoms with Crippen LogP contribution in [0.4, 0.5) is 0 Å². The van der Waals surface area contributed by atoms with Crippen LogP contribution < -0.4 is 14.8 Å². The van der Waals surface area contributed by atoms with Gasteiger partial charge in [-0.3, -0.25) is 4.79 Å². The van der Waals surface area contributed by atoms with Crippen molar-refractivity contribution in [3.05, 3.63) is 47.9 Å². The number of benzene rings is 1. The lowest BCUT2D eigenvalue weighted by molar-refractivity contribution is 0.0917. The second kappa shape index (κ2) is 7.54. The van der Waals surface area contributed by atoms with Crippen molar-refractivity contribution in [2.24, 2.45) is 5.92 Å². The molecule has 0 unspecified atom stereocenters. The average Bonchev–Trinajstić information content (AvgIpc) is 2.99. The summed E-state index contributed by atoms with van der Waals surface area (Å²) in [6, 6.07) is 10.8. The monoisotopic (exact) mass is 303 g/mol. The minimum atomic E-state index is -0.211. The summed E-state index contributed by atoms with van der Waals surface area (Å²) in [7, 11) is 1.59. The number of hydrogen-bond donors (Lipinski definition) is 1. The number of nitrogens with one attached hydrogen (secondary N) is 1. The van der Waals surface area contributed by atoms with E-state index in [9.17, 15) is 4.79 Å². The van der Waals surface area contributed by atoms with Gasteiger partial charge in [0.15, 0.2) is 17.3 Å². The van der Waals surface area contributed by atoms with Gasteiger partial charge in [-0.25, -0.2) is 0 Å². The van der Waals surface area contributed by atoms with Gasteiger partial charge in [-0.1, -0.05) is 26.0 Å². The Kier molecular flexibility index (Phi) is 5.47. The summed E-state index contributed by atoms with van der Waals surface area (Å²) in [5.74, 6) is 2.35. The zero-order chi connectivity index (χ0) is 15.9. The maximum atomic E-state index is 11.9. The van der Waals surface area contributed by atoms with Crippen LogP contribution in [0.1, 0.15) is 30.2 Å². The van der Waals surface area contributed by atoms with Crippen molar-refractivity contribution in [1.29, 1.82) is 0 Å². The average molecular weight is 303 g/mol. The van der Waals surface area contributed by atoms with Crippen LogP contribution in [0.15, 0.2) is 40.8 Å². The molecule has 5 heteroatoms. The first-order valence-electron chi connectivity index (χ1n) is 7.23. The highest BCUT2D eigenvalue weighted by Gasteiger charge is 2.12. The van der Waals surface area contributed by atoms with E-state index in [1.165, 1.54) is 0 Å². The van der Waals surface area contributed by atoms with E-state index in [0.717, 1.165) is 0 Å². The van der Waals surface area contributed by atoms with E-state index in [-0.39, 0.29) is 12.5 Å². The van der Waals surface area contributed by atoms with E-state index in [4.69, 9.17) is 13.9 Å². The van der Waals surface area contributed by atoms with Gasteiger partial charge >= 0.3 is 0 Å². The van der Waals surface area contributed by atoms with E-state index in [2.05, 4.69) is 5.32 Å². The molecule has 1 heterocycles. The number of carbonyl (C=O) groups excluding carboxylic acids is 1. The van der Waals surface area contributed by atoms with E-state index < -0.39 is 0 Å². The fourth-order valence-corrected chi connectivity index (χ4v) is 1.85. The molecule has 0 aliphatic carbocycles. The standard InChI is InChI=1S/C17H21NO4/c1-12(2)10-18-17(19)16-9-8-13(22-16)11-21-15-7-5-4-6-14(15)20-3/h4-9,12H,10-11H2,1-3H3,(H,18,19). The summed E-state index contributed by atoms with van der Waals surface area (Å²) in [5, 5.41) is 2.81. The molecule has 0 fully saturated rings. The minimum Gasteiger partial charge on any atom is -0.493 e. The van der Waals surface area contributed by atoms with Gasteiger partial charge < -0.3 is 19.2 Å². The third-order valence-corrected chi connectivity index (χ3v) is 3.00.